The summed E-state index contributed by atoms with van der Waals surface area (Å²) in [5.74, 6) is -1.20. The molecule has 0 aliphatic heterocycles. The molecule has 0 saturated heterocycles. The van der Waals surface area contributed by atoms with E-state index in [1.54, 1.807) is 12.1 Å². The number of ether oxygens (including phenoxy) is 3. The number of carbonyl (C=O) groups is 2. The fourth-order valence-corrected chi connectivity index (χ4v) is 2.47. The highest BCUT2D eigenvalue weighted by Crippen LogP contribution is 2.16. The molecule has 0 N–H and O–H groups in total. The lowest BCUT2D eigenvalue weighted by Gasteiger charge is -2.07. The van der Waals surface area contributed by atoms with Crippen LogP contribution in [-0.2, 0) is 20.8 Å². The van der Waals surface area contributed by atoms with Crippen LogP contribution in [0.3, 0.4) is 0 Å². The Balaban J connectivity index is 1.60. The van der Waals surface area contributed by atoms with Crippen molar-refractivity contribution in [3.8, 4) is 5.75 Å². The summed E-state index contributed by atoms with van der Waals surface area (Å²) in [5, 5.41) is 0. The minimum atomic E-state index is -0.718. The molecular formula is C19H17NO7. The third kappa shape index (κ3) is 4.35. The molecule has 3 aromatic rings. The van der Waals surface area contributed by atoms with Gasteiger partial charge in [0, 0.05) is 0 Å². The van der Waals surface area contributed by atoms with Gasteiger partial charge in [-0.25, -0.2) is 9.59 Å². The van der Waals surface area contributed by atoms with Crippen LogP contribution in [-0.4, -0.2) is 36.8 Å². The molecule has 27 heavy (non-hydrogen) atoms. The number of carbonyl (C=O) groups excluding carboxylic acids is 2. The van der Waals surface area contributed by atoms with Crippen molar-refractivity contribution in [1.29, 1.82) is 0 Å². The summed E-state index contributed by atoms with van der Waals surface area (Å²) in [4.78, 5) is 35.5. The number of para-hydroxylation sites is 1. The van der Waals surface area contributed by atoms with Crippen molar-refractivity contribution in [3.05, 3.63) is 64.6 Å². The number of aromatic nitrogens is 1. The zero-order valence-corrected chi connectivity index (χ0v) is 14.5. The summed E-state index contributed by atoms with van der Waals surface area (Å²) >= 11 is 0. The Hall–Kier alpha value is -3.55. The smallest absolute Gasteiger partial charge is 0.420 e. The minimum absolute atomic E-state index is 0.0464. The third-order valence-corrected chi connectivity index (χ3v) is 3.73. The molecule has 140 valence electrons. The minimum Gasteiger partial charge on any atom is -0.490 e. The van der Waals surface area contributed by atoms with Crippen molar-refractivity contribution in [2.45, 2.75) is 6.54 Å². The predicted molar refractivity (Wildman–Crippen MR) is 94.7 cm³/mol. The molecule has 0 aliphatic rings. The second-order valence-electron chi connectivity index (χ2n) is 5.51. The second-order valence-corrected chi connectivity index (χ2v) is 5.51. The van der Waals surface area contributed by atoms with Gasteiger partial charge in [-0.2, -0.15) is 0 Å². The molecule has 1 heterocycles. The summed E-state index contributed by atoms with van der Waals surface area (Å²) in [6, 6.07) is 13.5. The van der Waals surface area contributed by atoms with E-state index in [9.17, 15) is 14.4 Å². The first-order valence-corrected chi connectivity index (χ1v) is 8.13. The fraction of sp³-hybridized carbons (Fsp3) is 0.211. The molecule has 0 atom stereocenters. The van der Waals surface area contributed by atoms with Gasteiger partial charge < -0.3 is 18.6 Å². The van der Waals surface area contributed by atoms with E-state index < -0.39 is 17.7 Å². The van der Waals surface area contributed by atoms with Crippen LogP contribution >= 0.6 is 0 Å². The number of oxazole rings is 1. The molecule has 3 rings (SSSR count). The summed E-state index contributed by atoms with van der Waals surface area (Å²) in [7, 11) is 1.26. The van der Waals surface area contributed by atoms with E-state index in [2.05, 4.69) is 4.74 Å². The topological polar surface area (TPSA) is 97.0 Å². The molecule has 0 aliphatic carbocycles. The first-order valence-electron chi connectivity index (χ1n) is 8.13. The van der Waals surface area contributed by atoms with Gasteiger partial charge in [-0.3, -0.25) is 9.36 Å². The number of methoxy groups -OCH3 is 1. The van der Waals surface area contributed by atoms with Gasteiger partial charge in [0.15, 0.2) is 5.58 Å². The number of nitrogens with zero attached hydrogens (tertiary/aromatic N) is 1. The highest BCUT2D eigenvalue weighted by atomic mass is 16.6. The maximum atomic E-state index is 12.0. The van der Waals surface area contributed by atoms with Crippen LogP contribution in [0.1, 0.15) is 10.4 Å². The van der Waals surface area contributed by atoms with Gasteiger partial charge in [-0.1, -0.05) is 18.2 Å². The van der Waals surface area contributed by atoms with E-state index in [4.69, 9.17) is 13.9 Å². The van der Waals surface area contributed by atoms with E-state index in [0.717, 1.165) is 4.57 Å². The van der Waals surface area contributed by atoms with Crippen LogP contribution in [0.5, 0.6) is 5.75 Å². The molecule has 0 spiro atoms. The molecule has 1 aromatic heterocycles. The zero-order valence-electron chi connectivity index (χ0n) is 14.5. The average Bonchev–Trinajstić information content (AvgIpc) is 3.00. The van der Waals surface area contributed by atoms with Crippen molar-refractivity contribution in [3.63, 3.8) is 0 Å². The second kappa shape index (κ2) is 8.22. The highest BCUT2D eigenvalue weighted by molar-refractivity contribution is 5.93. The lowest BCUT2D eigenvalue weighted by molar-refractivity contribution is -0.145. The maximum absolute atomic E-state index is 12.0. The molecule has 0 amide bonds. The lowest BCUT2D eigenvalue weighted by Crippen LogP contribution is -2.23. The molecule has 8 heteroatoms. The van der Waals surface area contributed by atoms with Crippen LogP contribution < -0.4 is 10.5 Å². The van der Waals surface area contributed by atoms with Gasteiger partial charge >= 0.3 is 17.7 Å². The Morgan fingerprint density at radius 2 is 1.85 bits per heavy atom. The average molecular weight is 371 g/mol. The van der Waals surface area contributed by atoms with Crippen LogP contribution in [0.4, 0.5) is 0 Å². The zero-order chi connectivity index (χ0) is 19.2. The van der Waals surface area contributed by atoms with Crippen molar-refractivity contribution in [1.82, 2.24) is 4.57 Å². The molecule has 8 nitrogen and oxygen atoms in total. The summed E-state index contributed by atoms with van der Waals surface area (Å²) in [6.07, 6.45) is 0. The van der Waals surface area contributed by atoms with Gasteiger partial charge in [-0.15, -0.1) is 0 Å². The summed E-state index contributed by atoms with van der Waals surface area (Å²) in [5.41, 5.74) is 0.805. The van der Waals surface area contributed by atoms with E-state index in [1.807, 2.05) is 18.2 Å². The van der Waals surface area contributed by atoms with E-state index in [-0.39, 0.29) is 30.9 Å². The van der Waals surface area contributed by atoms with E-state index in [0.29, 0.717) is 11.3 Å². The maximum Gasteiger partial charge on any atom is 0.420 e. The van der Waals surface area contributed by atoms with E-state index in [1.165, 1.54) is 25.3 Å². The molecular weight excluding hydrogens is 354 g/mol. The predicted octanol–water partition coefficient (Wildman–Crippen LogP) is 2.00. The van der Waals surface area contributed by atoms with Crippen molar-refractivity contribution >= 4 is 23.0 Å². The number of hydrogen-bond donors (Lipinski definition) is 0. The quantitative estimate of drug-likeness (QED) is 0.463. The molecule has 2 aromatic carbocycles. The van der Waals surface area contributed by atoms with Gasteiger partial charge in [0.05, 0.1) is 18.2 Å². The normalized spacial score (nSPS) is 10.6. The number of hydrogen-bond acceptors (Lipinski definition) is 7. The Bertz CT molecular complexity index is 1000. The monoisotopic (exact) mass is 371 g/mol. The largest absolute Gasteiger partial charge is 0.490 e. The van der Waals surface area contributed by atoms with Crippen LogP contribution in [0, 0.1) is 0 Å². The number of fused-ring (bicyclic) bond motifs is 1. The molecule has 0 fully saturated rings. The van der Waals surface area contributed by atoms with Crippen LogP contribution in [0.2, 0.25) is 0 Å². The Morgan fingerprint density at radius 1 is 1.07 bits per heavy atom. The Labute approximate surface area is 153 Å². The third-order valence-electron chi connectivity index (χ3n) is 3.73. The standard InChI is InChI=1S/C19H17NO7/c1-24-18(22)13-7-8-15-16(11-13)27-19(23)20(15)12-17(21)26-10-9-25-14-5-3-2-4-6-14/h2-8,11H,9-10,12H2,1H3. The first-order chi connectivity index (χ1) is 13.1. The molecule has 0 bridgehead atoms. The van der Waals surface area contributed by atoms with Crippen LogP contribution in [0.25, 0.3) is 11.1 Å². The Morgan fingerprint density at radius 3 is 2.59 bits per heavy atom. The summed E-state index contributed by atoms with van der Waals surface area (Å²) in [6.45, 7) is -0.0707. The van der Waals surface area contributed by atoms with Crippen molar-refractivity contribution in [2.75, 3.05) is 20.3 Å². The van der Waals surface area contributed by atoms with E-state index >= 15 is 0 Å². The Kier molecular flexibility index (Phi) is 5.55. The SMILES string of the molecule is COC(=O)c1ccc2c(c1)oc(=O)n2CC(=O)OCCOc1ccccc1. The number of benzene rings is 2. The summed E-state index contributed by atoms with van der Waals surface area (Å²) < 4.78 is 21.3. The number of rotatable bonds is 7. The highest BCUT2D eigenvalue weighted by Gasteiger charge is 2.16. The van der Waals surface area contributed by atoms with Crippen LogP contribution in [0.15, 0.2) is 57.7 Å². The first kappa shape index (κ1) is 18.2. The van der Waals surface area contributed by atoms with Gasteiger partial charge in [0.25, 0.3) is 0 Å². The molecule has 0 radical (unpaired) electrons. The van der Waals surface area contributed by atoms with Gasteiger partial charge in [0.1, 0.15) is 25.5 Å². The van der Waals surface area contributed by atoms with Gasteiger partial charge in [-0.05, 0) is 30.3 Å². The lowest BCUT2D eigenvalue weighted by atomic mass is 10.2. The molecule has 0 unspecified atom stereocenters. The molecule has 0 saturated carbocycles. The van der Waals surface area contributed by atoms with Crippen molar-refractivity contribution in [2.24, 2.45) is 0 Å². The van der Waals surface area contributed by atoms with Gasteiger partial charge in [0.2, 0.25) is 0 Å². The number of esters is 2. The van der Waals surface area contributed by atoms with Crippen molar-refractivity contribution < 1.29 is 28.2 Å². The fourth-order valence-electron chi connectivity index (χ4n) is 2.47.